The number of halogens is 4. The Labute approximate surface area is 157 Å². The fourth-order valence-corrected chi connectivity index (χ4v) is 3.41. The lowest BCUT2D eigenvalue weighted by atomic mass is 10.1. The van der Waals surface area contributed by atoms with Crippen molar-refractivity contribution in [1.29, 1.82) is 0 Å². The summed E-state index contributed by atoms with van der Waals surface area (Å²) in [5.74, 6) is -1.09. The van der Waals surface area contributed by atoms with Crippen molar-refractivity contribution in [2.75, 3.05) is 5.32 Å². The lowest BCUT2D eigenvalue weighted by molar-refractivity contribution is -0.137. The van der Waals surface area contributed by atoms with Gasteiger partial charge in [0.25, 0.3) is 5.91 Å². The van der Waals surface area contributed by atoms with Crippen LogP contribution in [-0.4, -0.2) is 15.7 Å². The van der Waals surface area contributed by atoms with Crippen LogP contribution in [0.5, 0.6) is 0 Å². The molecule has 2 aromatic carbocycles. The van der Waals surface area contributed by atoms with Gasteiger partial charge in [0.05, 0.1) is 5.56 Å². The zero-order valence-corrected chi connectivity index (χ0v) is 14.6. The average Bonchev–Trinajstić information content (AvgIpc) is 3.24. The van der Waals surface area contributed by atoms with E-state index in [-0.39, 0.29) is 17.1 Å². The number of rotatable bonds is 3. The Hall–Kier alpha value is -3.16. The summed E-state index contributed by atoms with van der Waals surface area (Å²) in [5.41, 5.74) is 0.957. The van der Waals surface area contributed by atoms with Crippen molar-refractivity contribution in [1.82, 2.24) is 9.78 Å². The number of hydrogen-bond acceptors (Lipinski definition) is 2. The Bertz CT molecular complexity index is 1060. The molecule has 28 heavy (non-hydrogen) atoms. The minimum atomic E-state index is -4.51. The van der Waals surface area contributed by atoms with Crippen LogP contribution >= 0.6 is 0 Å². The van der Waals surface area contributed by atoms with E-state index in [1.807, 2.05) is 0 Å². The van der Waals surface area contributed by atoms with Crippen molar-refractivity contribution in [3.05, 3.63) is 76.9 Å². The van der Waals surface area contributed by atoms with E-state index in [1.165, 1.54) is 22.9 Å². The standard InChI is InChI=1S/C20H15F4N3O/c21-15-8-1-2-9-17(15)27-16-10-4-7-14(16)18(26-27)19(28)25-13-6-3-5-12(11-13)20(22,23)24/h1-3,5-6,8-9,11H,4,7,10H2,(H,25,28). The normalized spacial score (nSPS) is 13.4. The highest BCUT2D eigenvalue weighted by atomic mass is 19.4. The third-order valence-electron chi connectivity index (χ3n) is 4.67. The van der Waals surface area contributed by atoms with E-state index < -0.39 is 23.5 Å². The number of aromatic nitrogens is 2. The molecule has 4 nitrogen and oxygen atoms in total. The molecule has 0 aliphatic heterocycles. The molecule has 0 fully saturated rings. The number of carbonyl (C=O) groups is 1. The van der Waals surface area contributed by atoms with Crippen LogP contribution in [0.1, 0.15) is 33.7 Å². The summed E-state index contributed by atoms with van der Waals surface area (Å²) in [6.07, 6.45) is -2.46. The van der Waals surface area contributed by atoms with Gasteiger partial charge in [-0.25, -0.2) is 9.07 Å². The van der Waals surface area contributed by atoms with Gasteiger partial charge in [0.2, 0.25) is 0 Å². The molecule has 0 radical (unpaired) electrons. The van der Waals surface area contributed by atoms with Crippen LogP contribution in [0.2, 0.25) is 0 Å². The van der Waals surface area contributed by atoms with Crippen LogP contribution in [0.15, 0.2) is 48.5 Å². The number of benzene rings is 2. The lowest BCUT2D eigenvalue weighted by Gasteiger charge is -2.09. The highest BCUT2D eigenvalue weighted by Gasteiger charge is 2.31. The van der Waals surface area contributed by atoms with E-state index >= 15 is 0 Å². The molecule has 1 heterocycles. The molecule has 0 unspecified atom stereocenters. The third kappa shape index (κ3) is 3.26. The van der Waals surface area contributed by atoms with Gasteiger partial charge in [-0.05, 0) is 49.6 Å². The van der Waals surface area contributed by atoms with Gasteiger partial charge in [-0.1, -0.05) is 18.2 Å². The molecule has 4 rings (SSSR count). The lowest BCUT2D eigenvalue weighted by Crippen LogP contribution is -2.16. The van der Waals surface area contributed by atoms with Gasteiger partial charge >= 0.3 is 6.18 Å². The molecule has 1 aliphatic rings. The molecule has 3 aromatic rings. The number of amides is 1. The molecular weight excluding hydrogens is 374 g/mol. The molecule has 0 bridgehead atoms. The first-order chi connectivity index (χ1) is 13.3. The van der Waals surface area contributed by atoms with Crippen molar-refractivity contribution in [2.45, 2.75) is 25.4 Å². The highest BCUT2D eigenvalue weighted by molar-refractivity contribution is 6.04. The van der Waals surface area contributed by atoms with E-state index in [4.69, 9.17) is 0 Å². The van der Waals surface area contributed by atoms with E-state index in [0.717, 1.165) is 24.2 Å². The molecule has 1 aliphatic carbocycles. The van der Waals surface area contributed by atoms with Crippen molar-refractivity contribution in [3.8, 4) is 5.69 Å². The minimum absolute atomic E-state index is 0.0204. The van der Waals surface area contributed by atoms with E-state index in [9.17, 15) is 22.4 Å². The number of alkyl halides is 3. The molecule has 0 atom stereocenters. The number of fused-ring (bicyclic) bond motifs is 1. The Kier molecular flexibility index (Phi) is 4.41. The molecule has 0 spiro atoms. The van der Waals surface area contributed by atoms with Gasteiger partial charge in [0, 0.05) is 16.9 Å². The van der Waals surface area contributed by atoms with Crippen LogP contribution in [-0.2, 0) is 19.0 Å². The second-order valence-corrected chi connectivity index (χ2v) is 6.52. The van der Waals surface area contributed by atoms with Gasteiger partial charge in [0.1, 0.15) is 11.5 Å². The Balaban J connectivity index is 1.68. The summed E-state index contributed by atoms with van der Waals surface area (Å²) in [6, 6.07) is 10.5. The summed E-state index contributed by atoms with van der Waals surface area (Å²) in [7, 11) is 0. The van der Waals surface area contributed by atoms with Crippen LogP contribution in [0.25, 0.3) is 5.69 Å². The quantitative estimate of drug-likeness (QED) is 0.656. The summed E-state index contributed by atoms with van der Waals surface area (Å²) in [4.78, 5) is 12.7. The van der Waals surface area contributed by atoms with Gasteiger partial charge in [0.15, 0.2) is 5.69 Å². The number of hydrogen-bond donors (Lipinski definition) is 1. The fraction of sp³-hybridized carbons (Fsp3) is 0.200. The topological polar surface area (TPSA) is 46.9 Å². The summed E-state index contributed by atoms with van der Waals surface area (Å²) < 4.78 is 54.2. The smallest absolute Gasteiger partial charge is 0.321 e. The highest BCUT2D eigenvalue weighted by Crippen LogP contribution is 2.32. The van der Waals surface area contributed by atoms with Gasteiger partial charge < -0.3 is 5.32 Å². The molecule has 1 N–H and O–H groups in total. The Morgan fingerprint density at radius 3 is 2.61 bits per heavy atom. The number of carbonyl (C=O) groups excluding carboxylic acids is 1. The maximum absolute atomic E-state index is 14.2. The third-order valence-corrected chi connectivity index (χ3v) is 4.67. The summed E-state index contributed by atoms with van der Waals surface area (Å²) in [6.45, 7) is 0. The molecule has 1 amide bonds. The average molecular weight is 389 g/mol. The first kappa shape index (κ1) is 18.2. The first-order valence-electron chi connectivity index (χ1n) is 8.69. The Morgan fingerprint density at radius 1 is 1.07 bits per heavy atom. The molecule has 0 saturated heterocycles. The van der Waals surface area contributed by atoms with Crippen LogP contribution in [0, 0.1) is 5.82 Å². The van der Waals surface area contributed by atoms with Crippen LogP contribution in [0.3, 0.4) is 0 Å². The maximum atomic E-state index is 14.2. The minimum Gasteiger partial charge on any atom is -0.321 e. The number of para-hydroxylation sites is 1. The van der Waals surface area contributed by atoms with Crippen molar-refractivity contribution < 1.29 is 22.4 Å². The molecule has 0 saturated carbocycles. The first-order valence-corrected chi connectivity index (χ1v) is 8.69. The predicted octanol–water partition coefficient (Wildman–Crippen LogP) is 4.77. The molecular formula is C20H15F4N3O. The van der Waals surface area contributed by atoms with Gasteiger partial charge in [-0.3, -0.25) is 4.79 Å². The Morgan fingerprint density at radius 2 is 1.86 bits per heavy atom. The van der Waals surface area contributed by atoms with Crippen LogP contribution in [0.4, 0.5) is 23.2 Å². The fourth-order valence-electron chi connectivity index (χ4n) is 3.41. The monoisotopic (exact) mass is 389 g/mol. The molecule has 1 aromatic heterocycles. The van der Waals surface area contributed by atoms with E-state index in [0.29, 0.717) is 18.4 Å². The second kappa shape index (κ2) is 6.78. The van der Waals surface area contributed by atoms with Gasteiger partial charge in [-0.2, -0.15) is 18.3 Å². The number of anilines is 1. The number of nitrogens with zero attached hydrogens (tertiary/aromatic N) is 2. The second-order valence-electron chi connectivity index (χ2n) is 6.52. The van der Waals surface area contributed by atoms with Crippen molar-refractivity contribution in [3.63, 3.8) is 0 Å². The molecule has 144 valence electrons. The van der Waals surface area contributed by atoms with E-state index in [2.05, 4.69) is 10.4 Å². The largest absolute Gasteiger partial charge is 0.416 e. The summed E-state index contributed by atoms with van der Waals surface area (Å²) >= 11 is 0. The maximum Gasteiger partial charge on any atom is 0.416 e. The van der Waals surface area contributed by atoms with Crippen molar-refractivity contribution >= 4 is 11.6 Å². The van der Waals surface area contributed by atoms with Crippen molar-refractivity contribution in [2.24, 2.45) is 0 Å². The zero-order valence-electron chi connectivity index (χ0n) is 14.6. The molecule has 8 heteroatoms. The summed E-state index contributed by atoms with van der Waals surface area (Å²) in [5, 5.41) is 6.74. The predicted molar refractivity (Wildman–Crippen MR) is 94.9 cm³/mol. The zero-order chi connectivity index (χ0) is 19.9. The van der Waals surface area contributed by atoms with Crippen LogP contribution < -0.4 is 5.32 Å². The van der Waals surface area contributed by atoms with Gasteiger partial charge in [-0.15, -0.1) is 0 Å². The number of nitrogens with one attached hydrogen (secondary N) is 1. The SMILES string of the molecule is O=C(Nc1cccc(C(F)(F)F)c1)c1nn(-c2ccccc2F)c2c1CCC2. The van der Waals surface area contributed by atoms with E-state index in [1.54, 1.807) is 18.2 Å².